The quantitative estimate of drug-likeness (QED) is 0.471. The topological polar surface area (TPSA) is 69.0 Å². The smallest absolute Gasteiger partial charge is 0.340 e. The van der Waals surface area contributed by atoms with Crippen molar-refractivity contribution in [2.75, 3.05) is 13.8 Å². The van der Waals surface area contributed by atoms with Crippen LogP contribution in [0.1, 0.15) is 46.7 Å². The highest BCUT2D eigenvalue weighted by Gasteiger charge is 2.31. The number of benzene rings is 2. The summed E-state index contributed by atoms with van der Waals surface area (Å²) in [5.41, 5.74) is 4.79. The Bertz CT molecular complexity index is 1230. The van der Waals surface area contributed by atoms with E-state index in [1.165, 1.54) is 18.2 Å². The highest BCUT2D eigenvalue weighted by atomic mass is 16.5. The van der Waals surface area contributed by atoms with Gasteiger partial charge >= 0.3 is 11.6 Å². The van der Waals surface area contributed by atoms with Gasteiger partial charge in [-0.3, -0.25) is 9.69 Å². The maximum absolute atomic E-state index is 12.7. The first-order valence-corrected chi connectivity index (χ1v) is 10.7. The standard InChI is InChI=1S/C25H25NO5/c1-15-17-10-11-22-20(24(17)31-25(28)19(15)12-23(27)29-2)13-26(14-30-22)21-9-5-7-16-6-3-4-8-18(16)21/h3-4,6,8,10-11,21H,5,7,9,12-14H2,1-2H3. The van der Waals surface area contributed by atoms with Crippen molar-refractivity contribution in [1.82, 2.24) is 4.90 Å². The molecule has 2 aromatic carbocycles. The number of nitrogens with zero attached hydrogens (tertiary/aromatic N) is 1. The summed E-state index contributed by atoms with van der Waals surface area (Å²) in [7, 11) is 1.31. The minimum atomic E-state index is -0.496. The molecule has 0 N–H and O–H groups in total. The number of esters is 1. The molecule has 0 amide bonds. The van der Waals surface area contributed by atoms with Crippen molar-refractivity contribution in [3.63, 3.8) is 0 Å². The first-order chi connectivity index (χ1) is 15.1. The van der Waals surface area contributed by atoms with Crippen LogP contribution in [0.2, 0.25) is 0 Å². The second-order valence-corrected chi connectivity index (χ2v) is 8.29. The highest BCUT2D eigenvalue weighted by Crippen LogP contribution is 2.40. The summed E-state index contributed by atoms with van der Waals surface area (Å²) in [6.07, 6.45) is 3.23. The zero-order valence-electron chi connectivity index (χ0n) is 17.8. The lowest BCUT2D eigenvalue weighted by Crippen LogP contribution is -2.37. The van der Waals surface area contributed by atoms with Crippen LogP contribution in [-0.4, -0.2) is 24.7 Å². The molecule has 6 heteroatoms. The number of fused-ring (bicyclic) bond motifs is 4. The molecule has 1 aliphatic carbocycles. The number of ether oxygens (including phenoxy) is 2. The van der Waals surface area contributed by atoms with Gasteiger partial charge in [0.05, 0.1) is 24.7 Å². The predicted molar refractivity (Wildman–Crippen MR) is 116 cm³/mol. The Morgan fingerprint density at radius 3 is 2.90 bits per heavy atom. The fourth-order valence-electron chi connectivity index (χ4n) is 4.91. The lowest BCUT2D eigenvalue weighted by atomic mass is 9.86. The van der Waals surface area contributed by atoms with Crippen molar-refractivity contribution in [1.29, 1.82) is 0 Å². The molecular formula is C25H25NO5. The number of carbonyl (C=O) groups is 1. The summed E-state index contributed by atoms with van der Waals surface area (Å²) in [5.74, 6) is 0.286. The van der Waals surface area contributed by atoms with Crippen LogP contribution in [0.25, 0.3) is 11.0 Å². The molecule has 160 valence electrons. The Morgan fingerprint density at radius 1 is 1.23 bits per heavy atom. The number of carbonyl (C=O) groups excluding carboxylic acids is 1. The molecule has 0 spiro atoms. The molecule has 1 aromatic heterocycles. The fraction of sp³-hybridized carbons (Fsp3) is 0.360. The monoisotopic (exact) mass is 419 g/mol. The second kappa shape index (κ2) is 7.85. The van der Waals surface area contributed by atoms with Crippen LogP contribution in [-0.2, 0) is 28.9 Å². The molecule has 1 unspecified atom stereocenters. The molecule has 0 radical (unpaired) electrons. The van der Waals surface area contributed by atoms with Crippen LogP contribution >= 0.6 is 0 Å². The van der Waals surface area contributed by atoms with Gasteiger partial charge in [0.1, 0.15) is 18.1 Å². The number of aryl methyl sites for hydroxylation is 2. The van der Waals surface area contributed by atoms with E-state index in [2.05, 4.69) is 29.2 Å². The van der Waals surface area contributed by atoms with Gasteiger partial charge in [0, 0.05) is 18.0 Å². The van der Waals surface area contributed by atoms with Crippen molar-refractivity contribution in [2.45, 2.75) is 45.2 Å². The Hall–Kier alpha value is -3.12. The number of methoxy groups -OCH3 is 1. The lowest BCUT2D eigenvalue weighted by Gasteiger charge is -2.38. The van der Waals surface area contributed by atoms with Crippen molar-refractivity contribution < 1.29 is 18.7 Å². The number of hydrogen-bond acceptors (Lipinski definition) is 6. The summed E-state index contributed by atoms with van der Waals surface area (Å²) in [6.45, 7) is 2.99. The minimum absolute atomic E-state index is 0.0980. The normalized spacial score (nSPS) is 18.2. The van der Waals surface area contributed by atoms with Crippen LogP contribution in [0.5, 0.6) is 5.75 Å². The molecule has 0 saturated heterocycles. The summed E-state index contributed by atoms with van der Waals surface area (Å²) >= 11 is 0. The molecule has 2 aliphatic rings. The van der Waals surface area contributed by atoms with Gasteiger partial charge in [-0.05, 0) is 55.0 Å². The average Bonchev–Trinajstić information content (AvgIpc) is 2.80. The second-order valence-electron chi connectivity index (χ2n) is 8.29. The molecule has 1 aliphatic heterocycles. The Kier molecular flexibility index (Phi) is 5.02. The van der Waals surface area contributed by atoms with Gasteiger partial charge in [0.25, 0.3) is 0 Å². The van der Waals surface area contributed by atoms with Gasteiger partial charge in [-0.25, -0.2) is 4.79 Å². The predicted octanol–water partition coefficient (Wildman–Crippen LogP) is 4.05. The van der Waals surface area contributed by atoms with Crippen molar-refractivity contribution in [3.8, 4) is 5.75 Å². The first kappa shape index (κ1) is 19.8. The van der Waals surface area contributed by atoms with E-state index in [0.29, 0.717) is 24.4 Å². The molecule has 0 fully saturated rings. The number of rotatable bonds is 3. The van der Waals surface area contributed by atoms with Gasteiger partial charge in [-0.15, -0.1) is 0 Å². The lowest BCUT2D eigenvalue weighted by molar-refractivity contribution is -0.139. The zero-order valence-corrected chi connectivity index (χ0v) is 17.8. The molecular weight excluding hydrogens is 394 g/mol. The van der Waals surface area contributed by atoms with Gasteiger partial charge in [0.15, 0.2) is 0 Å². The van der Waals surface area contributed by atoms with E-state index in [1.807, 2.05) is 19.1 Å². The third-order valence-electron chi connectivity index (χ3n) is 6.59. The van der Waals surface area contributed by atoms with E-state index in [4.69, 9.17) is 13.9 Å². The van der Waals surface area contributed by atoms with Crippen LogP contribution < -0.4 is 10.4 Å². The summed E-state index contributed by atoms with van der Waals surface area (Å²) in [6, 6.07) is 12.7. The van der Waals surface area contributed by atoms with E-state index in [1.54, 1.807) is 0 Å². The van der Waals surface area contributed by atoms with Gasteiger partial charge in [-0.2, -0.15) is 0 Å². The van der Waals surface area contributed by atoms with Crippen LogP contribution in [0.4, 0.5) is 0 Å². The van der Waals surface area contributed by atoms with E-state index in [9.17, 15) is 9.59 Å². The third kappa shape index (κ3) is 3.41. The molecule has 0 bridgehead atoms. The zero-order chi connectivity index (χ0) is 21.5. The maximum atomic E-state index is 12.7. The minimum Gasteiger partial charge on any atom is -0.478 e. The average molecular weight is 419 g/mol. The SMILES string of the molecule is COC(=O)Cc1c(C)c2ccc3c(c2oc1=O)CN(C1CCCc2ccccc21)CO3. The summed E-state index contributed by atoms with van der Waals surface area (Å²) in [5, 5.41) is 0.826. The molecule has 31 heavy (non-hydrogen) atoms. The van der Waals surface area contributed by atoms with Crippen LogP contribution in [0.3, 0.4) is 0 Å². The fourth-order valence-corrected chi connectivity index (χ4v) is 4.91. The molecule has 3 aromatic rings. The van der Waals surface area contributed by atoms with Crippen molar-refractivity contribution >= 4 is 16.9 Å². The largest absolute Gasteiger partial charge is 0.478 e. The van der Waals surface area contributed by atoms with Crippen LogP contribution in [0, 0.1) is 6.92 Å². The van der Waals surface area contributed by atoms with Gasteiger partial charge in [0.2, 0.25) is 0 Å². The first-order valence-electron chi connectivity index (χ1n) is 10.7. The Balaban J connectivity index is 1.55. The van der Waals surface area contributed by atoms with Crippen molar-refractivity contribution in [2.24, 2.45) is 0 Å². The van der Waals surface area contributed by atoms with E-state index < -0.39 is 11.6 Å². The summed E-state index contributed by atoms with van der Waals surface area (Å²) < 4.78 is 16.6. The molecule has 5 rings (SSSR count). The van der Waals surface area contributed by atoms with E-state index in [0.717, 1.165) is 41.5 Å². The van der Waals surface area contributed by atoms with Crippen LogP contribution in [0.15, 0.2) is 45.6 Å². The molecule has 0 saturated carbocycles. The van der Waals surface area contributed by atoms with Crippen molar-refractivity contribution in [3.05, 3.63) is 74.6 Å². The molecule has 2 heterocycles. The third-order valence-corrected chi connectivity index (χ3v) is 6.59. The molecule has 1 atom stereocenters. The van der Waals surface area contributed by atoms with E-state index in [-0.39, 0.29) is 12.5 Å². The molecule has 6 nitrogen and oxygen atoms in total. The highest BCUT2D eigenvalue weighted by molar-refractivity contribution is 5.87. The van der Waals surface area contributed by atoms with Gasteiger partial charge in [-0.1, -0.05) is 24.3 Å². The Morgan fingerprint density at radius 2 is 2.06 bits per heavy atom. The van der Waals surface area contributed by atoms with E-state index >= 15 is 0 Å². The maximum Gasteiger partial charge on any atom is 0.340 e. The Labute approximate surface area is 180 Å². The van der Waals surface area contributed by atoms with Gasteiger partial charge < -0.3 is 13.9 Å². The number of hydrogen-bond donors (Lipinski definition) is 0. The summed E-state index contributed by atoms with van der Waals surface area (Å²) in [4.78, 5) is 26.8.